The van der Waals surface area contributed by atoms with Crippen LogP contribution >= 0.6 is 0 Å². The fourth-order valence-electron chi connectivity index (χ4n) is 4.18. The van der Waals surface area contributed by atoms with Crippen LogP contribution in [0.3, 0.4) is 0 Å². The topological polar surface area (TPSA) is 112 Å². The standard InChI is InChI=1S/C25H24F4N6O4/c1-2-17-15-18(31-32-21(17)36)13-16-5-6-20(26)19(14-16)22(37)33-8-4-9-34(12-11-33)24-30-7-3-10-35(24)39-23(38)25(27,28)29/h3,5-7,10,14-15H,2,4,8-9,11-13H2,1H3/p+1. The first kappa shape index (κ1) is 27.7. The number of hydrogen-bond acceptors (Lipinski definition) is 7. The summed E-state index contributed by atoms with van der Waals surface area (Å²) in [5, 5.41) is 6.46. The summed E-state index contributed by atoms with van der Waals surface area (Å²) in [7, 11) is 0. The van der Waals surface area contributed by atoms with Gasteiger partial charge in [-0.3, -0.25) is 19.3 Å². The van der Waals surface area contributed by atoms with Gasteiger partial charge < -0.3 is 4.90 Å². The molecule has 206 valence electrons. The predicted molar refractivity (Wildman–Crippen MR) is 128 cm³/mol. The highest BCUT2D eigenvalue weighted by Crippen LogP contribution is 2.19. The molecular weight excluding hydrogens is 524 g/mol. The van der Waals surface area contributed by atoms with Crippen molar-refractivity contribution in [1.82, 2.24) is 20.1 Å². The van der Waals surface area contributed by atoms with Crippen molar-refractivity contribution in [3.05, 3.63) is 81.3 Å². The molecule has 1 amide bonds. The van der Waals surface area contributed by atoms with Gasteiger partial charge in [0.25, 0.3) is 11.5 Å². The van der Waals surface area contributed by atoms with Gasteiger partial charge in [0.1, 0.15) is 18.2 Å². The Kier molecular flexibility index (Phi) is 8.21. The molecule has 1 fully saturated rings. The summed E-state index contributed by atoms with van der Waals surface area (Å²) in [6.07, 6.45) is -1.53. The number of rotatable bonds is 6. The van der Waals surface area contributed by atoms with E-state index < -0.39 is 23.9 Å². The Labute approximate surface area is 219 Å². The molecule has 0 spiro atoms. The Balaban J connectivity index is 1.48. The van der Waals surface area contributed by atoms with E-state index in [-0.39, 0.29) is 43.1 Å². The molecule has 2 aromatic heterocycles. The first-order valence-corrected chi connectivity index (χ1v) is 12.1. The van der Waals surface area contributed by atoms with Crippen LogP contribution in [0.15, 0.2) is 47.5 Å². The number of benzene rings is 1. The van der Waals surface area contributed by atoms with Crippen LogP contribution in [0.2, 0.25) is 0 Å². The number of anilines is 1. The van der Waals surface area contributed by atoms with Gasteiger partial charge in [-0.2, -0.15) is 18.3 Å². The minimum absolute atomic E-state index is 0.0440. The van der Waals surface area contributed by atoms with Crippen LogP contribution in [0, 0.1) is 5.82 Å². The van der Waals surface area contributed by atoms with E-state index in [1.807, 2.05) is 6.92 Å². The maximum absolute atomic E-state index is 14.7. The normalized spacial score (nSPS) is 14.2. The van der Waals surface area contributed by atoms with Gasteiger partial charge >= 0.3 is 18.1 Å². The third kappa shape index (κ3) is 6.56. The van der Waals surface area contributed by atoms with Crippen LogP contribution in [-0.2, 0) is 17.6 Å². The molecule has 39 heavy (non-hydrogen) atoms. The number of carbonyl (C=O) groups is 2. The number of amides is 1. The molecule has 4 rings (SSSR count). The van der Waals surface area contributed by atoms with Crippen molar-refractivity contribution in [2.45, 2.75) is 32.4 Å². The van der Waals surface area contributed by atoms with Crippen molar-refractivity contribution < 1.29 is 36.7 Å². The zero-order valence-electron chi connectivity index (χ0n) is 20.9. The number of alkyl halides is 3. The first-order chi connectivity index (χ1) is 18.6. The minimum Gasteiger partial charge on any atom is -0.335 e. The molecule has 14 heteroatoms. The van der Waals surface area contributed by atoms with Crippen molar-refractivity contribution >= 4 is 17.8 Å². The van der Waals surface area contributed by atoms with Crippen molar-refractivity contribution in [2.24, 2.45) is 0 Å². The van der Waals surface area contributed by atoms with E-state index in [4.69, 9.17) is 0 Å². The van der Waals surface area contributed by atoms with Gasteiger partial charge in [-0.05, 0) is 41.3 Å². The molecule has 3 heterocycles. The molecule has 1 saturated heterocycles. The van der Waals surface area contributed by atoms with Crippen LogP contribution in [0.25, 0.3) is 0 Å². The quantitative estimate of drug-likeness (QED) is 0.367. The van der Waals surface area contributed by atoms with Gasteiger partial charge in [-0.15, -0.1) is 0 Å². The third-order valence-electron chi connectivity index (χ3n) is 6.13. The molecule has 0 unspecified atom stereocenters. The smallest absolute Gasteiger partial charge is 0.335 e. The van der Waals surface area contributed by atoms with E-state index in [1.165, 1.54) is 35.4 Å². The highest BCUT2D eigenvalue weighted by atomic mass is 19.4. The average Bonchev–Trinajstić information content (AvgIpc) is 3.16. The molecule has 0 aliphatic carbocycles. The molecule has 1 aromatic carbocycles. The van der Waals surface area contributed by atoms with Crippen LogP contribution in [0.1, 0.15) is 40.5 Å². The van der Waals surface area contributed by atoms with Crippen molar-refractivity contribution in [1.29, 1.82) is 0 Å². The maximum atomic E-state index is 14.7. The number of halogens is 4. The summed E-state index contributed by atoms with van der Waals surface area (Å²) in [5.74, 6) is -3.68. The third-order valence-corrected chi connectivity index (χ3v) is 6.13. The Bertz CT molecular complexity index is 1430. The fraction of sp³-hybridized carbons (Fsp3) is 0.360. The second kappa shape index (κ2) is 11.6. The molecule has 0 saturated carbocycles. The number of H-pyrrole nitrogens is 1. The Hall–Kier alpha value is -4.36. The zero-order valence-corrected chi connectivity index (χ0v) is 20.9. The molecule has 1 aliphatic heterocycles. The second-order valence-corrected chi connectivity index (χ2v) is 8.81. The van der Waals surface area contributed by atoms with Gasteiger partial charge in [0, 0.05) is 24.6 Å². The van der Waals surface area contributed by atoms with E-state index in [2.05, 4.69) is 20.0 Å². The van der Waals surface area contributed by atoms with Crippen LogP contribution in [0.5, 0.6) is 0 Å². The molecule has 0 atom stereocenters. The molecule has 1 N–H and O–H groups in total. The summed E-state index contributed by atoms with van der Waals surface area (Å²) < 4.78 is 53.4. The summed E-state index contributed by atoms with van der Waals surface area (Å²) in [4.78, 5) is 47.9. The lowest BCUT2D eigenvalue weighted by Crippen LogP contribution is -2.54. The van der Waals surface area contributed by atoms with Gasteiger partial charge in [0.05, 0.1) is 30.9 Å². The molecule has 10 nitrogen and oxygen atoms in total. The Morgan fingerprint density at radius 2 is 1.95 bits per heavy atom. The molecule has 3 aromatic rings. The highest BCUT2D eigenvalue weighted by Gasteiger charge is 2.44. The van der Waals surface area contributed by atoms with Crippen molar-refractivity contribution in [3.63, 3.8) is 0 Å². The van der Waals surface area contributed by atoms with Gasteiger partial charge in [0.2, 0.25) is 0 Å². The summed E-state index contributed by atoms with van der Waals surface area (Å²) >= 11 is 0. The van der Waals surface area contributed by atoms with Gasteiger partial charge in [-0.25, -0.2) is 14.3 Å². The Morgan fingerprint density at radius 1 is 1.15 bits per heavy atom. The minimum atomic E-state index is -5.19. The number of nitrogens with one attached hydrogen (secondary N) is 1. The monoisotopic (exact) mass is 549 g/mol. The summed E-state index contributed by atoms with van der Waals surface area (Å²) in [6.45, 7) is 2.66. The predicted octanol–water partition coefficient (Wildman–Crippen LogP) is 1.61. The van der Waals surface area contributed by atoms with Gasteiger partial charge in [0.15, 0.2) is 0 Å². The van der Waals surface area contributed by atoms with E-state index in [0.717, 1.165) is 6.20 Å². The van der Waals surface area contributed by atoms with E-state index >= 15 is 0 Å². The van der Waals surface area contributed by atoms with Crippen LogP contribution in [-0.4, -0.2) is 64.3 Å². The SMILES string of the molecule is CCc1cc(Cc2ccc(F)c(C(=O)N3CCCN(c4nccc[n+]4OC(=O)C(F)(F)F)CC3)c2)n[nH]c1=O. The number of aromatic amines is 1. The molecular formula is C25H25F4N6O4+. The zero-order chi connectivity index (χ0) is 28.2. The highest BCUT2D eigenvalue weighted by molar-refractivity contribution is 5.94. The van der Waals surface area contributed by atoms with Crippen molar-refractivity contribution in [3.8, 4) is 0 Å². The number of aromatic nitrogens is 4. The van der Waals surface area contributed by atoms with Crippen LogP contribution in [0.4, 0.5) is 23.5 Å². The number of nitrogens with zero attached hydrogens (tertiary/aromatic N) is 5. The summed E-state index contributed by atoms with van der Waals surface area (Å²) in [5.41, 5.74) is 1.35. The maximum Gasteiger partial charge on any atom is 0.495 e. The van der Waals surface area contributed by atoms with E-state index in [1.54, 1.807) is 11.0 Å². The number of carbonyl (C=O) groups excluding carboxylic acids is 2. The van der Waals surface area contributed by atoms with Crippen molar-refractivity contribution in [2.75, 3.05) is 31.1 Å². The van der Waals surface area contributed by atoms with Crippen LogP contribution < -0.4 is 20.0 Å². The van der Waals surface area contributed by atoms with E-state index in [9.17, 15) is 31.9 Å². The largest absolute Gasteiger partial charge is 0.495 e. The lowest BCUT2D eigenvalue weighted by Gasteiger charge is -2.21. The number of aryl methyl sites for hydroxylation is 1. The number of hydrogen-bond donors (Lipinski definition) is 1. The molecule has 0 radical (unpaired) electrons. The van der Waals surface area contributed by atoms with E-state index in [0.29, 0.717) is 40.9 Å². The molecule has 0 bridgehead atoms. The molecule has 1 aliphatic rings. The summed E-state index contributed by atoms with van der Waals surface area (Å²) in [6, 6.07) is 7.16. The Morgan fingerprint density at radius 3 is 2.69 bits per heavy atom. The average molecular weight is 550 g/mol. The second-order valence-electron chi connectivity index (χ2n) is 8.81. The lowest BCUT2D eigenvalue weighted by atomic mass is 10.0. The first-order valence-electron chi connectivity index (χ1n) is 12.1. The van der Waals surface area contributed by atoms with Gasteiger partial charge in [-0.1, -0.05) is 18.0 Å². The fourth-order valence-corrected chi connectivity index (χ4v) is 4.18. The lowest BCUT2D eigenvalue weighted by molar-refractivity contribution is -0.862.